The molecule has 0 saturated heterocycles. The number of anilines is 1. The number of nitrogens with one attached hydrogen (secondary N) is 1. The minimum absolute atomic E-state index is 0.216. The quantitative estimate of drug-likeness (QED) is 0.832. The number of nitrogens with two attached hydrogens (primary N) is 1. The van der Waals surface area contributed by atoms with Gasteiger partial charge >= 0.3 is 0 Å². The number of thiophene rings is 1. The van der Waals surface area contributed by atoms with Crippen molar-refractivity contribution in [3.05, 3.63) is 45.6 Å². The molecule has 0 bridgehead atoms. The molecule has 0 unspecified atom stereocenters. The zero-order valence-corrected chi connectivity index (χ0v) is 12.4. The standard InChI is InChI=1S/C15H18N2O2S/c1-3-10-7-8-11(20-10)9-17-15(18)14-12(16)5-4-6-13(14)19-2/h4-8H,3,9,16H2,1-2H3,(H,17,18). The molecule has 0 aliphatic carbocycles. The molecule has 0 atom stereocenters. The van der Waals surface area contributed by atoms with Crippen LogP contribution in [0.4, 0.5) is 5.69 Å². The molecule has 0 aliphatic heterocycles. The molecule has 5 heteroatoms. The van der Waals surface area contributed by atoms with E-state index in [1.807, 2.05) is 6.07 Å². The fourth-order valence-corrected chi connectivity index (χ4v) is 2.82. The van der Waals surface area contributed by atoms with E-state index in [2.05, 4.69) is 18.3 Å². The van der Waals surface area contributed by atoms with Crippen LogP contribution in [0.25, 0.3) is 0 Å². The first-order chi connectivity index (χ1) is 9.65. The van der Waals surface area contributed by atoms with Crippen LogP contribution in [0.3, 0.4) is 0 Å². The number of aryl methyl sites for hydroxylation is 1. The molecule has 1 aromatic heterocycles. The molecule has 1 amide bonds. The van der Waals surface area contributed by atoms with Crippen LogP contribution in [0.15, 0.2) is 30.3 Å². The van der Waals surface area contributed by atoms with Gasteiger partial charge in [-0.15, -0.1) is 11.3 Å². The van der Waals surface area contributed by atoms with Crippen LogP contribution in [0, 0.1) is 0 Å². The van der Waals surface area contributed by atoms with E-state index in [1.165, 1.54) is 12.0 Å². The smallest absolute Gasteiger partial charge is 0.257 e. The number of hydrogen-bond acceptors (Lipinski definition) is 4. The van der Waals surface area contributed by atoms with Crippen molar-refractivity contribution in [3.8, 4) is 5.75 Å². The Morgan fingerprint density at radius 3 is 2.70 bits per heavy atom. The molecule has 3 N–H and O–H groups in total. The number of methoxy groups -OCH3 is 1. The Hall–Kier alpha value is -2.01. The molecular formula is C15H18N2O2S. The summed E-state index contributed by atoms with van der Waals surface area (Å²) < 4.78 is 5.18. The Balaban J connectivity index is 2.08. The van der Waals surface area contributed by atoms with E-state index in [-0.39, 0.29) is 5.91 Å². The van der Waals surface area contributed by atoms with Crippen molar-refractivity contribution >= 4 is 22.9 Å². The number of hydrogen-bond donors (Lipinski definition) is 2. The molecular weight excluding hydrogens is 272 g/mol. The second-order valence-electron chi connectivity index (χ2n) is 4.33. The third-order valence-electron chi connectivity index (χ3n) is 2.99. The maximum atomic E-state index is 12.2. The van der Waals surface area contributed by atoms with E-state index in [0.29, 0.717) is 23.5 Å². The zero-order valence-electron chi connectivity index (χ0n) is 11.6. The lowest BCUT2D eigenvalue weighted by Crippen LogP contribution is -2.24. The molecule has 0 saturated carbocycles. The molecule has 0 fully saturated rings. The number of ether oxygens (including phenoxy) is 1. The minimum atomic E-state index is -0.216. The molecule has 0 spiro atoms. The Labute approximate surface area is 122 Å². The Bertz CT molecular complexity index is 608. The SMILES string of the molecule is CCc1ccc(CNC(=O)c2c(N)cccc2OC)s1. The summed E-state index contributed by atoms with van der Waals surface area (Å²) in [7, 11) is 1.53. The number of amides is 1. The fraction of sp³-hybridized carbons (Fsp3) is 0.267. The topological polar surface area (TPSA) is 64.4 Å². The van der Waals surface area contributed by atoms with Crippen molar-refractivity contribution in [2.75, 3.05) is 12.8 Å². The summed E-state index contributed by atoms with van der Waals surface area (Å²) in [6.45, 7) is 2.62. The Morgan fingerprint density at radius 1 is 1.30 bits per heavy atom. The third-order valence-corrected chi connectivity index (χ3v) is 4.22. The average Bonchev–Trinajstić information content (AvgIpc) is 2.92. The highest BCUT2D eigenvalue weighted by molar-refractivity contribution is 7.11. The van der Waals surface area contributed by atoms with Gasteiger partial charge in [0, 0.05) is 15.4 Å². The van der Waals surface area contributed by atoms with Crippen molar-refractivity contribution in [1.82, 2.24) is 5.32 Å². The fourth-order valence-electron chi connectivity index (χ4n) is 1.92. The van der Waals surface area contributed by atoms with Crippen molar-refractivity contribution in [2.24, 2.45) is 0 Å². The second kappa shape index (κ2) is 6.43. The van der Waals surface area contributed by atoms with Crippen LogP contribution >= 0.6 is 11.3 Å². The van der Waals surface area contributed by atoms with Gasteiger partial charge in [-0.3, -0.25) is 4.79 Å². The van der Waals surface area contributed by atoms with E-state index >= 15 is 0 Å². The molecule has 2 aromatic rings. The second-order valence-corrected chi connectivity index (χ2v) is 5.58. The van der Waals surface area contributed by atoms with Crippen LogP contribution < -0.4 is 15.8 Å². The highest BCUT2D eigenvalue weighted by Gasteiger charge is 2.15. The van der Waals surface area contributed by atoms with Crippen molar-refractivity contribution in [3.63, 3.8) is 0 Å². The number of benzene rings is 1. The highest BCUT2D eigenvalue weighted by Crippen LogP contribution is 2.24. The monoisotopic (exact) mass is 290 g/mol. The van der Waals surface area contributed by atoms with E-state index in [4.69, 9.17) is 10.5 Å². The highest BCUT2D eigenvalue weighted by atomic mass is 32.1. The summed E-state index contributed by atoms with van der Waals surface area (Å²) in [6, 6.07) is 9.31. The van der Waals surface area contributed by atoms with Crippen LogP contribution in [-0.4, -0.2) is 13.0 Å². The Morgan fingerprint density at radius 2 is 2.05 bits per heavy atom. The van der Waals surface area contributed by atoms with E-state index in [9.17, 15) is 4.79 Å². The molecule has 0 radical (unpaired) electrons. The first-order valence-electron chi connectivity index (χ1n) is 6.44. The van der Waals surface area contributed by atoms with Crippen molar-refractivity contribution < 1.29 is 9.53 Å². The van der Waals surface area contributed by atoms with E-state index < -0.39 is 0 Å². The van der Waals surface area contributed by atoms with Gasteiger partial charge in [0.15, 0.2) is 0 Å². The van der Waals surface area contributed by atoms with Crippen molar-refractivity contribution in [1.29, 1.82) is 0 Å². The summed E-state index contributed by atoms with van der Waals surface area (Å²) >= 11 is 1.71. The number of nitrogen functional groups attached to an aromatic ring is 1. The normalized spacial score (nSPS) is 10.3. The summed E-state index contributed by atoms with van der Waals surface area (Å²) in [5.74, 6) is 0.273. The van der Waals surface area contributed by atoms with Gasteiger partial charge in [0.05, 0.1) is 13.7 Å². The first kappa shape index (κ1) is 14.4. The predicted octanol–water partition coefficient (Wildman–Crippen LogP) is 2.83. The van der Waals surface area contributed by atoms with E-state index in [1.54, 1.807) is 29.5 Å². The molecule has 1 aromatic carbocycles. The number of carbonyl (C=O) groups excluding carboxylic acids is 1. The van der Waals surface area contributed by atoms with Gasteiger partial charge in [0.2, 0.25) is 0 Å². The molecule has 2 rings (SSSR count). The molecule has 4 nitrogen and oxygen atoms in total. The Kier molecular flexibility index (Phi) is 4.63. The predicted molar refractivity (Wildman–Crippen MR) is 82.3 cm³/mol. The van der Waals surface area contributed by atoms with Crippen LogP contribution in [-0.2, 0) is 13.0 Å². The summed E-state index contributed by atoms with van der Waals surface area (Å²) in [6.07, 6.45) is 1.01. The zero-order chi connectivity index (χ0) is 14.5. The van der Waals surface area contributed by atoms with Crippen LogP contribution in [0.1, 0.15) is 27.0 Å². The lowest BCUT2D eigenvalue weighted by molar-refractivity contribution is 0.0949. The largest absolute Gasteiger partial charge is 0.496 e. The maximum absolute atomic E-state index is 12.2. The molecule has 0 aliphatic rings. The lowest BCUT2D eigenvalue weighted by atomic mass is 10.1. The maximum Gasteiger partial charge on any atom is 0.257 e. The third kappa shape index (κ3) is 3.11. The molecule has 20 heavy (non-hydrogen) atoms. The van der Waals surface area contributed by atoms with Gasteiger partial charge in [-0.2, -0.15) is 0 Å². The molecule has 106 valence electrons. The summed E-state index contributed by atoms with van der Waals surface area (Å²) in [5, 5.41) is 2.88. The van der Waals surface area contributed by atoms with Gasteiger partial charge in [-0.05, 0) is 30.7 Å². The lowest BCUT2D eigenvalue weighted by Gasteiger charge is -2.11. The summed E-state index contributed by atoms with van der Waals surface area (Å²) in [4.78, 5) is 14.7. The first-order valence-corrected chi connectivity index (χ1v) is 7.25. The van der Waals surface area contributed by atoms with E-state index in [0.717, 1.165) is 11.3 Å². The number of carbonyl (C=O) groups is 1. The van der Waals surface area contributed by atoms with Gasteiger partial charge in [0.1, 0.15) is 11.3 Å². The van der Waals surface area contributed by atoms with Gasteiger partial charge < -0.3 is 15.8 Å². The van der Waals surface area contributed by atoms with Crippen LogP contribution in [0.2, 0.25) is 0 Å². The van der Waals surface area contributed by atoms with Gasteiger partial charge in [0.25, 0.3) is 5.91 Å². The van der Waals surface area contributed by atoms with Gasteiger partial charge in [-0.25, -0.2) is 0 Å². The van der Waals surface area contributed by atoms with Crippen molar-refractivity contribution in [2.45, 2.75) is 19.9 Å². The van der Waals surface area contributed by atoms with Gasteiger partial charge in [-0.1, -0.05) is 13.0 Å². The van der Waals surface area contributed by atoms with Crippen LogP contribution in [0.5, 0.6) is 5.75 Å². The summed E-state index contributed by atoms with van der Waals surface area (Å²) in [5.41, 5.74) is 6.66. The minimum Gasteiger partial charge on any atom is -0.496 e. The molecule has 1 heterocycles. The number of rotatable bonds is 5. The average molecular weight is 290 g/mol.